The summed E-state index contributed by atoms with van der Waals surface area (Å²) in [5.74, 6) is 2.34. The van der Waals surface area contributed by atoms with Gasteiger partial charge in [-0.05, 0) is 30.5 Å². The van der Waals surface area contributed by atoms with Gasteiger partial charge >= 0.3 is 0 Å². The number of piperidine rings is 1. The molecule has 2 atom stereocenters. The second-order valence-electron chi connectivity index (χ2n) is 7.67. The highest BCUT2D eigenvalue weighted by Crippen LogP contribution is 2.38. The van der Waals surface area contributed by atoms with Crippen molar-refractivity contribution >= 4 is 16.9 Å². The van der Waals surface area contributed by atoms with Gasteiger partial charge < -0.3 is 19.4 Å². The number of aromatic amines is 2. The van der Waals surface area contributed by atoms with Gasteiger partial charge in [0.1, 0.15) is 23.6 Å². The van der Waals surface area contributed by atoms with Crippen molar-refractivity contribution in [3.8, 4) is 11.4 Å². The first-order valence-electron chi connectivity index (χ1n) is 9.54. The second-order valence-corrected chi connectivity index (χ2v) is 7.67. The number of H-pyrrole nitrogens is 2. The van der Waals surface area contributed by atoms with Gasteiger partial charge in [0.05, 0.1) is 10.9 Å². The molecule has 0 spiro atoms. The van der Waals surface area contributed by atoms with E-state index < -0.39 is 0 Å². The molecule has 2 aliphatic rings. The lowest BCUT2D eigenvalue weighted by molar-refractivity contribution is 0.281. The highest BCUT2D eigenvalue weighted by Gasteiger charge is 2.36. The Labute approximate surface area is 160 Å². The number of fused-ring (bicyclic) bond motifs is 5. The maximum Gasteiger partial charge on any atom is 0.261 e. The molecule has 28 heavy (non-hydrogen) atoms. The number of hydrogen-bond donors (Lipinski definition) is 2. The van der Waals surface area contributed by atoms with Crippen molar-refractivity contribution in [2.24, 2.45) is 5.92 Å². The molecule has 1 saturated heterocycles. The van der Waals surface area contributed by atoms with Crippen LogP contribution in [0.5, 0.6) is 0 Å². The van der Waals surface area contributed by atoms with Gasteiger partial charge in [-0.3, -0.25) is 4.79 Å². The van der Waals surface area contributed by atoms with Crippen LogP contribution in [0.4, 0.5) is 5.82 Å². The van der Waals surface area contributed by atoms with Crippen LogP contribution in [-0.4, -0.2) is 42.6 Å². The van der Waals surface area contributed by atoms with Crippen LogP contribution < -0.4 is 10.5 Å². The predicted octanol–water partition coefficient (Wildman–Crippen LogP) is 2.13. The van der Waals surface area contributed by atoms with Gasteiger partial charge in [0, 0.05) is 49.8 Å². The number of nitrogens with one attached hydrogen (secondary N) is 2. The predicted molar refractivity (Wildman–Crippen MR) is 105 cm³/mol. The van der Waals surface area contributed by atoms with E-state index in [2.05, 4.69) is 35.9 Å². The molecule has 140 valence electrons. The molecule has 0 aliphatic carbocycles. The van der Waals surface area contributed by atoms with E-state index in [0.29, 0.717) is 23.2 Å². The Morgan fingerprint density at radius 2 is 1.96 bits per heavy atom. The molecule has 4 aromatic rings. The molecule has 0 unspecified atom stereocenters. The van der Waals surface area contributed by atoms with Gasteiger partial charge in [0.15, 0.2) is 0 Å². The van der Waals surface area contributed by atoms with Crippen LogP contribution in [0, 0.1) is 5.92 Å². The molecule has 0 amide bonds. The van der Waals surface area contributed by atoms with Gasteiger partial charge in [-0.2, -0.15) is 0 Å². The average molecular weight is 373 g/mol. The molecule has 8 heteroatoms. The topological polar surface area (TPSA) is 95.5 Å². The number of rotatable bonds is 2. The van der Waals surface area contributed by atoms with Crippen LogP contribution in [0.1, 0.15) is 18.0 Å². The monoisotopic (exact) mass is 373 g/mol. The molecule has 2 N–H and O–H groups in total. The Kier molecular flexibility index (Phi) is 3.23. The summed E-state index contributed by atoms with van der Waals surface area (Å²) in [6.07, 6.45) is 8.05. The second kappa shape index (κ2) is 5.79. The van der Waals surface area contributed by atoms with Crippen LogP contribution in [0.15, 0.2) is 47.9 Å². The Morgan fingerprint density at radius 3 is 2.86 bits per heavy atom. The van der Waals surface area contributed by atoms with Crippen molar-refractivity contribution in [1.29, 1.82) is 0 Å². The minimum absolute atomic E-state index is 0.0469. The van der Waals surface area contributed by atoms with E-state index in [0.717, 1.165) is 48.6 Å². The zero-order valence-corrected chi connectivity index (χ0v) is 15.2. The molecule has 6 rings (SSSR count). The molecule has 2 bridgehead atoms. The minimum Gasteiger partial charge on any atom is -0.355 e. The molecule has 4 aromatic heterocycles. The van der Waals surface area contributed by atoms with Crippen molar-refractivity contribution in [3.05, 3.63) is 59.2 Å². The summed E-state index contributed by atoms with van der Waals surface area (Å²) in [4.78, 5) is 34.8. The number of anilines is 1. The summed E-state index contributed by atoms with van der Waals surface area (Å²) in [6, 6.07) is 6.03. The summed E-state index contributed by atoms with van der Waals surface area (Å²) in [5.41, 5.74) is 2.65. The molecule has 0 aromatic carbocycles. The number of nitrogens with zero attached hydrogens (tertiary/aromatic N) is 5. The molecule has 1 fully saturated rings. The Bertz CT molecular complexity index is 1220. The third kappa shape index (κ3) is 2.24. The van der Waals surface area contributed by atoms with Gasteiger partial charge in [-0.15, -0.1) is 0 Å². The molecule has 0 radical (unpaired) electrons. The first-order chi connectivity index (χ1) is 13.8. The maximum atomic E-state index is 13.1. The van der Waals surface area contributed by atoms with E-state index in [9.17, 15) is 4.79 Å². The lowest BCUT2D eigenvalue weighted by Gasteiger charge is -2.43. The standard InChI is InChI=1S/C20H19N7O/c28-20-15(18-22-5-6-23-18)1-2-16-13-7-12(9-27(16)20)8-26(10-13)19-14-3-4-21-17(14)24-11-25-19/h1-6,11-13H,7-10H2,(H,22,23)(H,21,24,25)/t12-,13+/m0/s1. The number of hydrogen-bond acceptors (Lipinski definition) is 5. The van der Waals surface area contributed by atoms with E-state index in [-0.39, 0.29) is 5.56 Å². The quantitative estimate of drug-likeness (QED) is 0.561. The Balaban J connectivity index is 1.40. The summed E-state index contributed by atoms with van der Waals surface area (Å²) in [7, 11) is 0. The van der Waals surface area contributed by atoms with Gasteiger partial charge in [-0.1, -0.05) is 0 Å². The summed E-state index contributed by atoms with van der Waals surface area (Å²) >= 11 is 0. The smallest absolute Gasteiger partial charge is 0.261 e. The van der Waals surface area contributed by atoms with Crippen molar-refractivity contribution in [2.75, 3.05) is 18.0 Å². The van der Waals surface area contributed by atoms with E-state index in [4.69, 9.17) is 0 Å². The zero-order valence-electron chi connectivity index (χ0n) is 15.2. The Morgan fingerprint density at radius 1 is 1.00 bits per heavy atom. The van der Waals surface area contributed by atoms with Crippen LogP contribution in [0.25, 0.3) is 22.4 Å². The third-order valence-electron chi connectivity index (χ3n) is 5.99. The third-order valence-corrected chi connectivity index (χ3v) is 5.99. The van der Waals surface area contributed by atoms with Crippen LogP contribution >= 0.6 is 0 Å². The van der Waals surface area contributed by atoms with Gasteiger partial charge in [0.25, 0.3) is 5.56 Å². The molecule has 0 saturated carbocycles. The molecule has 6 heterocycles. The fourth-order valence-corrected chi connectivity index (χ4v) is 4.82. The number of imidazole rings is 1. The highest BCUT2D eigenvalue weighted by molar-refractivity contribution is 5.87. The highest BCUT2D eigenvalue weighted by atomic mass is 16.1. The van der Waals surface area contributed by atoms with E-state index in [1.807, 2.05) is 22.9 Å². The maximum absolute atomic E-state index is 13.1. The lowest BCUT2D eigenvalue weighted by atomic mass is 9.83. The van der Waals surface area contributed by atoms with E-state index in [1.54, 1.807) is 18.7 Å². The SMILES string of the molecule is O=c1c(-c2ncc[nH]2)ccc2n1C[C@H]1C[C@@H]2CN(c2ncnc3[nH]ccc23)C1. The van der Waals surface area contributed by atoms with Crippen molar-refractivity contribution in [1.82, 2.24) is 29.5 Å². The molecular weight excluding hydrogens is 354 g/mol. The van der Waals surface area contributed by atoms with Gasteiger partial charge in [-0.25, -0.2) is 15.0 Å². The fourth-order valence-electron chi connectivity index (χ4n) is 4.82. The Hall–Kier alpha value is -3.42. The lowest BCUT2D eigenvalue weighted by Crippen LogP contribution is -2.47. The van der Waals surface area contributed by atoms with Crippen molar-refractivity contribution in [2.45, 2.75) is 18.9 Å². The largest absolute Gasteiger partial charge is 0.355 e. The van der Waals surface area contributed by atoms with Crippen LogP contribution in [0.2, 0.25) is 0 Å². The molecular formula is C20H19N7O. The minimum atomic E-state index is 0.0469. The summed E-state index contributed by atoms with van der Waals surface area (Å²) in [6.45, 7) is 2.48. The molecule has 8 nitrogen and oxygen atoms in total. The first-order valence-corrected chi connectivity index (χ1v) is 9.54. The van der Waals surface area contributed by atoms with Crippen LogP contribution in [0.3, 0.4) is 0 Å². The van der Waals surface area contributed by atoms with Crippen molar-refractivity contribution in [3.63, 3.8) is 0 Å². The average Bonchev–Trinajstić information content (AvgIpc) is 3.40. The summed E-state index contributed by atoms with van der Waals surface area (Å²) < 4.78 is 1.96. The zero-order chi connectivity index (χ0) is 18.7. The van der Waals surface area contributed by atoms with Crippen molar-refractivity contribution < 1.29 is 0 Å². The fraction of sp³-hybridized carbons (Fsp3) is 0.300. The van der Waals surface area contributed by atoms with Crippen LogP contribution in [-0.2, 0) is 6.54 Å². The first kappa shape index (κ1) is 15.6. The molecule has 2 aliphatic heterocycles. The van der Waals surface area contributed by atoms with Gasteiger partial charge in [0.2, 0.25) is 0 Å². The van der Waals surface area contributed by atoms with E-state index in [1.165, 1.54) is 0 Å². The van der Waals surface area contributed by atoms with E-state index >= 15 is 0 Å². The number of aromatic nitrogens is 6. The normalized spacial score (nSPS) is 21.1. The summed E-state index contributed by atoms with van der Waals surface area (Å²) in [5, 5.41) is 1.05. The number of pyridine rings is 1.